The van der Waals surface area contributed by atoms with Gasteiger partial charge >= 0.3 is 5.97 Å². The number of aryl methyl sites for hydroxylation is 1. The van der Waals surface area contributed by atoms with Gasteiger partial charge in [0.25, 0.3) is 5.91 Å². The van der Waals surface area contributed by atoms with E-state index in [1.807, 2.05) is 0 Å². The monoisotopic (exact) mass is 295 g/mol. The van der Waals surface area contributed by atoms with E-state index in [9.17, 15) is 9.59 Å². The largest absolute Gasteiger partial charge is 0.478 e. The minimum Gasteiger partial charge on any atom is -0.478 e. The van der Waals surface area contributed by atoms with E-state index in [1.165, 1.54) is 17.4 Å². The van der Waals surface area contributed by atoms with Crippen molar-refractivity contribution in [3.05, 3.63) is 33.8 Å². The number of aromatic nitrogens is 2. The molecule has 2 heterocycles. The summed E-state index contributed by atoms with van der Waals surface area (Å²) in [5.41, 5.74) is 0. The Bertz CT molecular complexity index is 645. The Morgan fingerprint density at radius 3 is 2.84 bits per heavy atom. The van der Waals surface area contributed by atoms with Gasteiger partial charge in [0, 0.05) is 22.5 Å². The third kappa shape index (κ3) is 3.70. The van der Waals surface area contributed by atoms with Crippen LogP contribution in [0.2, 0.25) is 0 Å². The average molecular weight is 295 g/mol. The zero-order valence-electron chi connectivity index (χ0n) is 9.78. The van der Waals surface area contributed by atoms with Gasteiger partial charge in [-0.25, -0.2) is 9.78 Å². The zero-order valence-corrected chi connectivity index (χ0v) is 11.4. The molecule has 2 aromatic rings. The Morgan fingerprint density at radius 2 is 2.21 bits per heavy atom. The first-order valence-electron chi connectivity index (χ1n) is 5.17. The summed E-state index contributed by atoms with van der Waals surface area (Å²) in [5.74, 6) is -0.698. The molecule has 2 N–H and O–H groups in total. The van der Waals surface area contributed by atoms with Crippen molar-refractivity contribution in [3.8, 4) is 0 Å². The van der Waals surface area contributed by atoms with Crippen molar-refractivity contribution in [1.29, 1.82) is 0 Å². The van der Waals surface area contributed by atoms with Crippen LogP contribution in [0.5, 0.6) is 0 Å². The Labute approximate surface area is 116 Å². The second-order valence-corrected chi connectivity index (χ2v) is 5.34. The number of carbonyl (C=O) groups excluding carboxylic acids is 1. The number of amides is 1. The van der Waals surface area contributed by atoms with Crippen molar-refractivity contribution >= 4 is 46.0 Å². The number of nitrogens with one attached hydrogen (secondary N) is 1. The van der Waals surface area contributed by atoms with Gasteiger partial charge in [-0.05, 0) is 25.1 Å². The highest BCUT2D eigenvalue weighted by atomic mass is 32.1. The number of carboxylic acids is 1. The van der Waals surface area contributed by atoms with Crippen LogP contribution in [0.4, 0.5) is 5.13 Å². The highest BCUT2D eigenvalue weighted by molar-refractivity contribution is 7.15. The van der Waals surface area contributed by atoms with Gasteiger partial charge in [-0.15, -0.1) is 11.3 Å². The van der Waals surface area contributed by atoms with E-state index < -0.39 is 5.97 Å². The molecule has 0 radical (unpaired) electrons. The van der Waals surface area contributed by atoms with Crippen LogP contribution in [0.25, 0.3) is 6.08 Å². The lowest BCUT2D eigenvalue weighted by Crippen LogP contribution is -2.09. The Balaban J connectivity index is 2.06. The average Bonchev–Trinajstić information content (AvgIpc) is 2.95. The van der Waals surface area contributed by atoms with Crippen LogP contribution in [0.3, 0.4) is 0 Å². The van der Waals surface area contributed by atoms with Crippen LogP contribution in [0.1, 0.15) is 20.4 Å². The number of carbonyl (C=O) groups is 2. The molecule has 0 aliphatic carbocycles. The summed E-state index contributed by atoms with van der Waals surface area (Å²) in [5, 5.41) is 11.6. The van der Waals surface area contributed by atoms with Gasteiger partial charge in [0.1, 0.15) is 5.82 Å². The summed E-state index contributed by atoms with van der Waals surface area (Å²) in [4.78, 5) is 27.5. The van der Waals surface area contributed by atoms with Crippen molar-refractivity contribution in [3.63, 3.8) is 0 Å². The fraction of sp³-hybridized carbons (Fsp3) is 0.0909. The fourth-order valence-corrected chi connectivity index (χ4v) is 2.60. The smallest absolute Gasteiger partial charge is 0.328 e. The SMILES string of the molecule is Cc1nsc(NC(=O)c2ccc(/C=C/C(=O)O)s2)n1. The van der Waals surface area contributed by atoms with Crippen LogP contribution in [0.15, 0.2) is 18.2 Å². The van der Waals surface area contributed by atoms with Crippen molar-refractivity contribution in [2.24, 2.45) is 0 Å². The van der Waals surface area contributed by atoms with Crippen LogP contribution in [0, 0.1) is 6.92 Å². The van der Waals surface area contributed by atoms with E-state index in [1.54, 1.807) is 19.1 Å². The summed E-state index contributed by atoms with van der Waals surface area (Å²) in [6.07, 6.45) is 2.47. The molecule has 8 heteroatoms. The highest BCUT2D eigenvalue weighted by Gasteiger charge is 2.11. The van der Waals surface area contributed by atoms with Gasteiger partial charge in [0.2, 0.25) is 5.13 Å². The molecular formula is C11H9N3O3S2. The van der Waals surface area contributed by atoms with E-state index >= 15 is 0 Å². The van der Waals surface area contributed by atoms with E-state index in [-0.39, 0.29) is 5.91 Å². The minimum atomic E-state index is -1.02. The number of rotatable bonds is 4. The van der Waals surface area contributed by atoms with E-state index in [0.29, 0.717) is 20.7 Å². The number of nitrogens with zero attached hydrogens (tertiary/aromatic N) is 2. The number of hydrogen-bond acceptors (Lipinski definition) is 6. The van der Waals surface area contributed by atoms with Crippen molar-refractivity contribution in [2.45, 2.75) is 6.92 Å². The van der Waals surface area contributed by atoms with Crippen molar-refractivity contribution in [2.75, 3.05) is 5.32 Å². The molecule has 2 rings (SSSR count). The zero-order chi connectivity index (χ0) is 13.8. The maximum atomic E-state index is 11.9. The molecule has 1 amide bonds. The molecule has 6 nitrogen and oxygen atoms in total. The third-order valence-corrected chi connectivity index (χ3v) is 3.76. The standard InChI is InChI=1S/C11H9N3O3S2/c1-6-12-11(19-14-6)13-10(17)8-4-2-7(18-8)3-5-9(15)16/h2-5H,1H3,(H,15,16)(H,12,13,14,17)/b5-3+. The first kappa shape index (κ1) is 13.4. The molecule has 0 atom stereocenters. The number of thiophene rings is 1. The molecular weight excluding hydrogens is 286 g/mol. The first-order valence-corrected chi connectivity index (χ1v) is 6.76. The Morgan fingerprint density at radius 1 is 1.42 bits per heavy atom. The minimum absolute atomic E-state index is 0.281. The predicted molar refractivity (Wildman–Crippen MR) is 73.6 cm³/mol. The van der Waals surface area contributed by atoms with Gasteiger partial charge in [-0.1, -0.05) is 0 Å². The molecule has 0 unspecified atom stereocenters. The molecule has 2 aromatic heterocycles. The second-order valence-electron chi connectivity index (χ2n) is 3.47. The van der Waals surface area contributed by atoms with Gasteiger partial charge in [0.15, 0.2) is 0 Å². The summed E-state index contributed by atoms with van der Waals surface area (Å²) >= 11 is 2.32. The number of anilines is 1. The molecule has 98 valence electrons. The highest BCUT2D eigenvalue weighted by Crippen LogP contribution is 2.20. The van der Waals surface area contributed by atoms with E-state index in [2.05, 4.69) is 14.7 Å². The summed E-state index contributed by atoms with van der Waals surface area (Å²) < 4.78 is 3.96. The van der Waals surface area contributed by atoms with Crippen LogP contribution in [-0.2, 0) is 4.79 Å². The van der Waals surface area contributed by atoms with Gasteiger partial charge in [0.05, 0.1) is 4.88 Å². The Hall–Kier alpha value is -2.06. The van der Waals surface area contributed by atoms with Crippen molar-refractivity contribution in [1.82, 2.24) is 9.36 Å². The fourth-order valence-electron chi connectivity index (χ4n) is 1.22. The topological polar surface area (TPSA) is 92.2 Å². The molecule has 0 spiro atoms. The summed E-state index contributed by atoms with van der Waals surface area (Å²) in [6, 6.07) is 3.32. The lowest BCUT2D eigenvalue weighted by Gasteiger charge is -1.96. The van der Waals surface area contributed by atoms with E-state index in [0.717, 1.165) is 17.6 Å². The molecule has 19 heavy (non-hydrogen) atoms. The third-order valence-electron chi connectivity index (χ3n) is 1.99. The van der Waals surface area contributed by atoms with Crippen LogP contribution in [-0.4, -0.2) is 26.3 Å². The van der Waals surface area contributed by atoms with Gasteiger partial charge in [-0.2, -0.15) is 4.37 Å². The lowest BCUT2D eigenvalue weighted by atomic mass is 10.4. The molecule has 0 aliphatic heterocycles. The van der Waals surface area contributed by atoms with Gasteiger partial charge in [-0.3, -0.25) is 10.1 Å². The van der Waals surface area contributed by atoms with Gasteiger partial charge < -0.3 is 5.11 Å². The maximum absolute atomic E-state index is 11.9. The maximum Gasteiger partial charge on any atom is 0.328 e. The molecule has 0 saturated heterocycles. The molecule has 0 aromatic carbocycles. The molecule has 0 aliphatic rings. The van der Waals surface area contributed by atoms with Crippen molar-refractivity contribution < 1.29 is 14.7 Å². The summed E-state index contributed by atoms with van der Waals surface area (Å²) in [6.45, 7) is 1.74. The number of carboxylic acid groups (broad SMARTS) is 1. The lowest BCUT2D eigenvalue weighted by molar-refractivity contribution is -0.131. The summed E-state index contributed by atoms with van der Waals surface area (Å²) in [7, 11) is 0. The van der Waals surface area contributed by atoms with Crippen LogP contribution < -0.4 is 5.32 Å². The molecule has 0 fully saturated rings. The second kappa shape index (κ2) is 5.72. The predicted octanol–water partition coefficient (Wildman–Crippen LogP) is 2.26. The number of hydrogen-bond donors (Lipinski definition) is 2. The molecule has 0 saturated carbocycles. The number of aliphatic carboxylic acids is 1. The van der Waals surface area contributed by atoms with E-state index in [4.69, 9.17) is 5.11 Å². The van der Waals surface area contributed by atoms with Crippen LogP contribution >= 0.6 is 22.9 Å². The first-order chi connectivity index (χ1) is 9.04. The Kier molecular flexibility index (Phi) is 4.03. The molecule has 0 bridgehead atoms. The quantitative estimate of drug-likeness (QED) is 0.844. The normalized spacial score (nSPS) is 10.8.